The van der Waals surface area contributed by atoms with E-state index < -0.39 is 0 Å². The van der Waals surface area contributed by atoms with Crippen molar-refractivity contribution >= 4 is 5.97 Å². The Morgan fingerprint density at radius 2 is 2.57 bits per heavy atom. The van der Waals surface area contributed by atoms with Crippen molar-refractivity contribution in [2.75, 3.05) is 6.61 Å². The van der Waals surface area contributed by atoms with E-state index in [1.165, 1.54) is 0 Å². The van der Waals surface area contributed by atoms with Crippen molar-refractivity contribution in [2.24, 2.45) is 5.92 Å². The lowest BCUT2D eigenvalue weighted by molar-refractivity contribution is -0.140. The number of esters is 1. The van der Waals surface area contributed by atoms with E-state index >= 15 is 0 Å². The van der Waals surface area contributed by atoms with Crippen molar-refractivity contribution in [3.63, 3.8) is 0 Å². The molecule has 1 unspecified atom stereocenters. The molecule has 0 aromatic carbocycles. The molecule has 1 aliphatic heterocycles. The minimum absolute atomic E-state index is 0.0972. The van der Waals surface area contributed by atoms with E-state index in [2.05, 4.69) is 11.7 Å². The number of hydrogen-bond acceptors (Lipinski definition) is 2. The van der Waals surface area contributed by atoms with Gasteiger partial charge in [0.05, 0.1) is 13.5 Å². The molecule has 0 saturated carbocycles. The predicted octanol–water partition coefficient (Wildman–Crippen LogP) is 0.384. The summed E-state index contributed by atoms with van der Waals surface area (Å²) in [4.78, 5) is 10.3. The SMILES string of the molecule is [CH2+]C1CCOC1=O. The lowest BCUT2D eigenvalue weighted by atomic mass is 10.2. The van der Waals surface area contributed by atoms with Gasteiger partial charge < -0.3 is 4.74 Å². The van der Waals surface area contributed by atoms with E-state index in [1.54, 1.807) is 0 Å². The van der Waals surface area contributed by atoms with Gasteiger partial charge >= 0.3 is 5.97 Å². The summed E-state index contributed by atoms with van der Waals surface area (Å²) in [7, 11) is 0. The molecule has 1 saturated heterocycles. The quantitative estimate of drug-likeness (QED) is 0.324. The van der Waals surface area contributed by atoms with Crippen LogP contribution in [0.15, 0.2) is 0 Å². The summed E-state index contributed by atoms with van der Waals surface area (Å²) in [6.07, 6.45) is 0.791. The fraction of sp³-hybridized carbons (Fsp3) is 0.600. The van der Waals surface area contributed by atoms with Crippen LogP contribution in [0.3, 0.4) is 0 Å². The average Bonchev–Trinajstić information content (AvgIpc) is 1.91. The van der Waals surface area contributed by atoms with Crippen LogP contribution < -0.4 is 0 Å². The molecule has 0 amide bonds. The fourth-order valence-corrected chi connectivity index (χ4v) is 0.537. The fourth-order valence-electron chi connectivity index (χ4n) is 0.537. The molecule has 0 N–H and O–H groups in total. The van der Waals surface area contributed by atoms with Crippen molar-refractivity contribution in [2.45, 2.75) is 6.42 Å². The maximum Gasteiger partial charge on any atom is 0.354 e. The average molecular weight is 99.1 g/mol. The standard InChI is InChI=1S/C5H7O2/c1-4-2-3-7-5(4)6/h4H,1-3H2/q+1. The monoisotopic (exact) mass is 99.0 g/mol. The molecule has 0 aromatic rings. The number of cyclic esters (lactones) is 1. The normalized spacial score (nSPS) is 30.3. The highest BCUT2D eigenvalue weighted by atomic mass is 16.5. The molecule has 0 aromatic heterocycles. The second kappa shape index (κ2) is 1.45. The van der Waals surface area contributed by atoms with Gasteiger partial charge in [-0.3, -0.25) is 0 Å². The third kappa shape index (κ3) is 0.683. The van der Waals surface area contributed by atoms with Crippen LogP contribution in [0.4, 0.5) is 0 Å². The van der Waals surface area contributed by atoms with Gasteiger partial charge in [-0.2, -0.15) is 0 Å². The maximum atomic E-state index is 10.3. The Bertz CT molecular complexity index is 88.1. The van der Waals surface area contributed by atoms with Crippen molar-refractivity contribution < 1.29 is 9.53 Å². The van der Waals surface area contributed by atoms with Gasteiger partial charge in [-0.05, 0) is 0 Å². The molecule has 0 bridgehead atoms. The van der Waals surface area contributed by atoms with Crippen LogP contribution in [-0.4, -0.2) is 12.6 Å². The number of rotatable bonds is 0. The highest BCUT2D eigenvalue weighted by Gasteiger charge is 2.27. The van der Waals surface area contributed by atoms with Crippen LogP contribution in [0.25, 0.3) is 0 Å². The lowest BCUT2D eigenvalue weighted by Crippen LogP contribution is -2.01. The zero-order valence-corrected chi connectivity index (χ0v) is 4.02. The van der Waals surface area contributed by atoms with E-state index in [0.717, 1.165) is 6.42 Å². The Hall–Kier alpha value is -0.660. The van der Waals surface area contributed by atoms with E-state index in [1.807, 2.05) is 0 Å². The Morgan fingerprint density at radius 3 is 2.71 bits per heavy atom. The minimum atomic E-state index is -0.153. The molecule has 1 heterocycles. The van der Waals surface area contributed by atoms with Gasteiger partial charge in [-0.25, -0.2) is 4.79 Å². The molecule has 1 aliphatic rings. The third-order valence-corrected chi connectivity index (χ3v) is 1.04. The lowest BCUT2D eigenvalue weighted by Gasteiger charge is -1.82. The first-order chi connectivity index (χ1) is 3.30. The van der Waals surface area contributed by atoms with E-state index in [4.69, 9.17) is 0 Å². The summed E-state index contributed by atoms with van der Waals surface area (Å²) < 4.78 is 4.56. The molecular formula is C5H7O2+. The summed E-state index contributed by atoms with van der Waals surface area (Å²) in [5.74, 6) is -0.250. The Labute approximate surface area is 42.5 Å². The van der Waals surface area contributed by atoms with Gasteiger partial charge in [0.25, 0.3) is 0 Å². The number of hydrogen-bond donors (Lipinski definition) is 0. The Kier molecular flexibility index (Phi) is 0.929. The number of carbonyl (C=O) groups excluding carboxylic acids is 1. The topological polar surface area (TPSA) is 26.3 Å². The van der Waals surface area contributed by atoms with Crippen LogP contribution in [-0.2, 0) is 9.53 Å². The van der Waals surface area contributed by atoms with Gasteiger partial charge in [-0.1, -0.05) is 0 Å². The van der Waals surface area contributed by atoms with E-state index in [9.17, 15) is 4.79 Å². The smallest absolute Gasteiger partial charge is 0.354 e. The van der Waals surface area contributed by atoms with Crippen LogP contribution in [0, 0.1) is 12.8 Å². The maximum absolute atomic E-state index is 10.3. The van der Waals surface area contributed by atoms with Crippen molar-refractivity contribution in [3.8, 4) is 0 Å². The predicted molar refractivity (Wildman–Crippen MR) is 24.4 cm³/mol. The second-order valence-electron chi connectivity index (χ2n) is 1.65. The molecule has 1 atom stereocenters. The summed E-state index contributed by atoms with van der Waals surface area (Å²) in [5, 5.41) is 0. The molecule has 2 nitrogen and oxygen atoms in total. The summed E-state index contributed by atoms with van der Waals surface area (Å²) in [6.45, 7) is 4.11. The van der Waals surface area contributed by atoms with Crippen molar-refractivity contribution in [1.29, 1.82) is 0 Å². The summed E-state index contributed by atoms with van der Waals surface area (Å²) in [5.41, 5.74) is 0. The molecule has 0 aliphatic carbocycles. The molecular weight excluding hydrogens is 92.1 g/mol. The summed E-state index contributed by atoms with van der Waals surface area (Å²) >= 11 is 0. The summed E-state index contributed by atoms with van der Waals surface area (Å²) in [6, 6.07) is 0. The molecule has 2 heteroatoms. The zero-order valence-electron chi connectivity index (χ0n) is 4.02. The highest BCUT2D eigenvalue weighted by Crippen LogP contribution is 2.10. The number of carbonyl (C=O) groups is 1. The molecule has 7 heavy (non-hydrogen) atoms. The van der Waals surface area contributed by atoms with E-state index in [0.29, 0.717) is 6.61 Å². The van der Waals surface area contributed by atoms with Gasteiger partial charge in [0.1, 0.15) is 0 Å². The minimum Gasteiger partial charge on any atom is -0.462 e. The first kappa shape index (κ1) is 4.50. The van der Waals surface area contributed by atoms with E-state index in [-0.39, 0.29) is 11.9 Å². The second-order valence-corrected chi connectivity index (χ2v) is 1.65. The number of ether oxygens (including phenoxy) is 1. The van der Waals surface area contributed by atoms with Gasteiger partial charge in [0.2, 0.25) is 0 Å². The highest BCUT2D eigenvalue weighted by molar-refractivity contribution is 5.74. The molecule has 1 rings (SSSR count). The Morgan fingerprint density at radius 1 is 1.86 bits per heavy atom. The molecule has 0 spiro atoms. The van der Waals surface area contributed by atoms with Crippen LogP contribution in [0.5, 0.6) is 0 Å². The molecule has 38 valence electrons. The Balaban J connectivity index is 2.48. The van der Waals surface area contributed by atoms with Crippen LogP contribution in [0.2, 0.25) is 0 Å². The van der Waals surface area contributed by atoms with Gasteiger partial charge in [0.15, 0.2) is 5.92 Å². The van der Waals surface area contributed by atoms with Crippen LogP contribution >= 0.6 is 0 Å². The van der Waals surface area contributed by atoms with Crippen LogP contribution in [0.1, 0.15) is 6.42 Å². The molecule has 1 fully saturated rings. The first-order valence-corrected chi connectivity index (χ1v) is 2.30. The molecule has 0 radical (unpaired) electrons. The largest absolute Gasteiger partial charge is 0.462 e. The van der Waals surface area contributed by atoms with Gasteiger partial charge in [-0.15, -0.1) is 0 Å². The first-order valence-electron chi connectivity index (χ1n) is 2.30. The zero-order chi connectivity index (χ0) is 5.28. The van der Waals surface area contributed by atoms with Gasteiger partial charge in [0, 0.05) is 6.42 Å². The van der Waals surface area contributed by atoms with Crippen molar-refractivity contribution in [1.82, 2.24) is 0 Å². The van der Waals surface area contributed by atoms with Crippen molar-refractivity contribution in [3.05, 3.63) is 6.92 Å². The third-order valence-electron chi connectivity index (χ3n) is 1.04.